The number of nitrogens with two attached hydrogens (primary N) is 2. The first-order valence-corrected chi connectivity index (χ1v) is 11.5. The molecule has 0 spiro atoms. The summed E-state index contributed by atoms with van der Waals surface area (Å²) in [4.78, 5) is 50.1. The second kappa shape index (κ2) is 16.0. The summed E-state index contributed by atoms with van der Waals surface area (Å²) in [5.41, 5.74) is 9.02. The molecule has 1 aliphatic rings. The molecule has 8 N–H and O–H groups in total. The number of aliphatic hydroxyl groups is 2. The van der Waals surface area contributed by atoms with Crippen molar-refractivity contribution in [2.24, 2.45) is 17.4 Å². The SMILES string of the molecule is CC[C@H](C)[C@H](NC(=O)[C@@H](N)CCCCN)C(=O)OC[C@H]1O[C@@H](n2cc(F)c(=O)[nH]c2=O)[C@H](O)[C@@H]1O.Cl.Cl. The predicted octanol–water partition coefficient (Wildman–Crippen LogP) is -1.33. The van der Waals surface area contributed by atoms with E-state index < -0.39 is 72.2 Å². The second-order valence-corrected chi connectivity index (χ2v) is 8.58. The summed E-state index contributed by atoms with van der Waals surface area (Å²) < 4.78 is 24.9. The largest absolute Gasteiger partial charge is 0.461 e. The van der Waals surface area contributed by atoms with Gasteiger partial charge in [-0.05, 0) is 25.3 Å². The number of ether oxygens (including phenoxy) is 2. The fraction of sp³-hybridized carbons (Fsp3) is 0.714. The van der Waals surface area contributed by atoms with Gasteiger partial charge in [0.05, 0.1) is 12.2 Å². The first kappa shape index (κ1) is 34.9. The lowest BCUT2D eigenvalue weighted by Gasteiger charge is -2.25. The van der Waals surface area contributed by atoms with E-state index in [1.807, 2.05) is 6.92 Å². The lowest BCUT2D eigenvalue weighted by atomic mass is 9.98. The highest BCUT2D eigenvalue weighted by Crippen LogP contribution is 2.28. The van der Waals surface area contributed by atoms with Gasteiger partial charge in [-0.3, -0.25) is 19.1 Å². The molecule has 2 rings (SSSR count). The second-order valence-electron chi connectivity index (χ2n) is 8.58. The molecule has 1 aliphatic heterocycles. The topological polar surface area (TPSA) is 212 Å². The minimum absolute atomic E-state index is 0. The minimum atomic E-state index is -1.68. The maximum Gasteiger partial charge on any atom is 0.330 e. The van der Waals surface area contributed by atoms with E-state index in [1.54, 1.807) is 11.9 Å². The van der Waals surface area contributed by atoms with E-state index in [0.29, 0.717) is 43.0 Å². The molecule has 2 heterocycles. The molecular weight excluding hydrogens is 540 g/mol. The van der Waals surface area contributed by atoms with Crippen LogP contribution in [0.25, 0.3) is 0 Å². The first-order chi connectivity index (χ1) is 16.5. The smallest absolute Gasteiger partial charge is 0.330 e. The molecule has 0 unspecified atom stereocenters. The summed E-state index contributed by atoms with van der Waals surface area (Å²) >= 11 is 0. The Morgan fingerprint density at radius 3 is 2.51 bits per heavy atom. The Kier molecular flexibility index (Phi) is 15.1. The molecule has 1 saturated heterocycles. The maximum absolute atomic E-state index is 13.6. The number of hydrogen-bond donors (Lipinski definition) is 6. The number of unbranched alkanes of at least 4 members (excludes halogenated alkanes) is 1. The quantitative estimate of drug-likeness (QED) is 0.127. The van der Waals surface area contributed by atoms with Gasteiger partial charge in [0.15, 0.2) is 6.23 Å². The van der Waals surface area contributed by atoms with E-state index in [9.17, 15) is 33.8 Å². The third-order valence-corrected chi connectivity index (χ3v) is 6.00. The highest BCUT2D eigenvalue weighted by molar-refractivity contribution is 5.87. The van der Waals surface area contributed by atoms with Crippen LogP contribution in [0.2, 0.25) is 0 Å². The van der Waals surface area contributed by atoms with Gasteiger partial charge in [-0.15, -0.1) is 24.8 Å². The van der Waals surface area contributed by atoms with Gasteiger partial charge in [0.1, 0.15) is 31.0 Å². The number of carbonyl (C=O) groups is 2. The molecule has 1 fully saturated rings. The minimum Gasteiger partial charge on any atom is -0.461 e. The third-order valence-electron chi connectivity index (χ3n) is 6.00. The van der Waals surface area contributed by atoms with Crippen LogP contribution in [0.1, 0.15) is 45.8 Å². The average Bonchev–Trinajstić information content (AvgIpc) is 3.11. The lowest BCUT2D eigenvalue weighted by molar-refractivity contribution is -0.155. The third kappa shape index (κ3) is 9.02. The Balaban J connectivity index is 0.00000648. The summed E-state index contributed by atoms with van der Waals surface area (Å²) in [6.45, 7) is 3.51. The van der Waals surface area contributed by atoms with Gasteiger partial charge in [0, 0.05) is 0 Å². The molecule has 1 aromatic heterocycles. The zero-order chi connectivity index (χ0) is 26.3. The Bertz CT molecular complexity index is 996. The van der Waals surface area contributed by atoms with Crippen molar-refractivity contribution >= 4 is 36.7 Å². The van der Waals surface area contributed by atoms with Crippen LogP contribution in [0.15, 0.2) is 15.8 Å². The Morgan fingerprint density at radius 2 is 1.92 bits per heavy atom. The van der Waals surface area contributed by atoms with Crippen LogP contribution in [0, 0.1) is 11.7 Å². The molecule has 13 nitrogen and oxygen atoms in total. The number of nitrogens with one attached hydrogen (secondary N) is 2. The van der Waals surface area contributed by atoms with Crippen LogP contribution in [0.4, 0.5) is 4.39 Å². The summed E-state index contributed by atoms with van der Waals surface area (Å²) in [5, 5.41) is 23.2. The van der Waals surface area contributed by atoms with Gasteiger partial charge in [-0.2, -0.15) is 4.39 Å². The highest BCUT2D eigenvalue weighted by atomic mass is 35.5. The van der Waals surface area contributed by atoms with Crippen molar-refractivity contribution in [3.8, 4) is 0 Å². The van der Waals surface area contributed by atoms with Gasteiger partial charge in [-0.25, -0.2) is 9.59 Å². The van der Waals surface area contributed by atoms with E-state index >= 15 is 0 Å². The fourth-order valence-corrected chi connectivity index (χ4v) is 3.57. The van der Waals surface area contributed by atoms with E-state index in [2.05, 4.69) is 5.32 Å². The highest BCUT2D eigenvalue weighted by Gasteiger charge is 2.45. The monoisotopic (exact) mass is 575 g/mol. The molecule has 0 bridgehead atoms. The molecule has 16 heteroatoms. The van der Waals surface area contributed by atoms with Crippen LogP contribution in [0.5, 0.6) is 0 Å². The number of aromatic amines is 1. The van der Waals surface area contributed by atoms with E-state index in [0.717, 1.165) is 0 Å². The number of rotatable bonds is 12. The van der Waals surface area contributed by atoms with E-state index in [-0.39, 0.29) is 30.7 Å². The van der Waals surface area contributed by atoms with Gasteiger partial charge in [0.25, 0.3) is 5.56 Å². The number of aliphatic hydroxyl groups excluding tert-OH is 2. The normalized spacial score (nSPS) is 23.2. The van der Waals surface area contributed by atoms with E-state index in [1.165, 1.54) is 0 Å². The number of carbonyl (C=O) groups excluding carboxylic acids is 2. The summed E-state index contributed by atoms with van der Waals surface area (Å²) in [6.07, 6.45) is -3.23. The van der Waals surface area contributed by atoms with Crippen molar-refractivity contribution in [1.29, 1.82) is 0 Å². The number of hydrogen-bond acceptors (Lipinski definition) is 10. The van der Waals surface area contributed by atoms with Crippen molar-refractivity contribution in [2.45, 2.75) is 76.2 Å². The number of aromatic nitrogens is 2. The molecule has 0 radical (unpaired) electrons. The summed E-state index contributed by atoms with van der Waals surface area (Å²) in [5.74, 6) is -2.92. The first-order valence-electron chi connectivity index (χ1n) is 11.5. The van der Waals surface area contributed by atoms with Crippen molar-refractivity contribution in [3.63, 3.8) is 0 Å². The number of halogens is 3. The van der Waals surface area contributed by atoms with Gasteiger partial charge in [0.2, 0.25) is 11.7 Å². The lowest BCUT2D eigenvalue weighted by Crippen LogP contribution is -2.52. The van der Waals surface area contributed by atoms with Gasteiger partial charge in [-0.1, -0.05) is 26.7 Å². The molecule has 0 saturated carbocycles. The Labute approximate surface area is 224 Å². The molecular formula is C21H36Cl2FN5O8. The van der Waals surface area contributed by atoms with Gasteiger partial charge < -0.3 is 36.5 Å². The Hall–Kier alpha value is -2.07. The maximum atomic E-state index is 13.6. The standard InChI is InChI=1S/C21H34FN5O8.2ClH/c1-3-10(2)14(25-18(31)12(24)6-4-5-7-23)20(32)34-9-13-15(28)16(29)19(35-13)27-8-11(22)17(30)26-21(27)33;;/h8,10,12-16,19,28-29H,3-7,9,23-24H2,1-2H3,(H,25,31)(H,26,30,33);2*1H/t10-,12-,13+,14-,15+,16+,19+;;/m0../s1. The number of H-pyrrole nitrogens is 1. The zero-order valence-electron chi connectivity index (χ0n) is 20.5. The molecule has 214 valence electrons. The fourth-order valence-electron chi connectivity index (χ4n) is 3.57. The van der Waals surface area contributed by atoms with Crippen molar-refractivity contribution in [3.05, 3.63) is 32.9 Å². The molecule has 0 aromatic carbocycles. The van der Waals surface area contributed by atoms with Crippen LogP contribution in [-0.2, 0) is 19.1 Å². The van der Waals surface area contributed by atoms with Crippen LogP contribution in [0.3, 0.4) is 0 Å². The molecule has 1 aromatic rings. The average molecular weight is 576 g/mol. The van der Waals surface area contributed by atoms with Crippen molar-refractivity contribution in [2.75, 3.05) is 13.2 Å². The van der Waals surface area contributed by atoms with Crippen LogP contribution < -0.4 is 28.0 Å². The predicted molar refractivity (Wildman–Crippen MR) is 135 cm³/mol. The van der Waals surface area contributed by atoms with Crippen LogP contribution in [-0.4, -0.2) is 75.2 Å². The number of esters is 1. The number of nitrogens with zero attached hydrogens (tertiary/aromatic N) is 1. The van der Waals surface area contributed by atoms with Crippen molar-refractivity contribution in [1.82, 2.24) is 14.9 Å². The summed E-state index contributed by atoms with van der Waals surface area (Å²) in [6, 6.07) is -1.85. The Morgan fingerprint density at radius 1 is 1.27 bits per heavy atom. The molecule has 0 aliphatic carbocycles. The van der Waals surface area contributed by atoms with Gasteiger partial charge >= 0.3 is 11.7 Å². The van der Waals surface area contributed by atoms with Crippen LogP contribution >= 0.6 is 24.8 Å². The van der Waals surface area contributed by atoms with E-state index in [4.69, 9.17) is 20.9 Å². The zero-order valence-corrected chi connectivity index (χ0v) is 22.1. The number of amides is 1. The molecule has 37 heavy (non-hydrogen) atoms. The molecule has 1 amide bonds. The summed E-state index contributed by atoms with van der Waals surface area (Å²) in [7, 11) is 0. The van der Waals surface area contributed by atoms with Crippen molar-refractivity contribution < 1.29 is 33.7 Å². The molecule has 7 atom stereocenters.